The van der Waals surface area contributed by atoms with E-state index in [1.807, 2.05) is 41.6 Å². The Bertz CT molecular complexity index is 1190. The summed E-state index contributed by atoms with van der Waals surface area (Å²) >= 11 is 2.30. The van der Waals surface area contributed by atoms with Crippen LogP contribution in [0.3, 0.4) is 0 Å². The van der Waals surface area contributed by atoms with Gasteiger partial charge in [0, 0.05) is 46.5 Å². The molecule has 0 radical (unpaired) electrons. The van der Waals surface area contributed by atoms with E-state index in [1.54, 1.807) is 21.0 Å². The summed E-state index contributed by atoms with van der Waals surface area (Å²) in [6, 6.07) is 3.99. The second-order valence-electron chi connectivity index (χ2n) is 7.53. The number of carbonyl (C=O) groups is 3. The van der Waals surface area contributed by atoms with Gasteiger partial charge < -0.3 is 24.1 Å². The lowest BCUT2D eigenvalue weighted by atomic mass is 10.1. The highest BCUT2D eigenvalue weighted by molar-refractivity contribution is 7.99. The predicted molar refractivity (Wildman–Crippen MR) is 127 cm³/mol. The van der Waals surface area contributed by atoms with Gasteiger partial charge in [-0.2, -0.15) is 0 Å². The van der Waals surface area contributed by atoms with Crippen molar-refractivity contribution in [2.75, 3.05) is 32.3 Å². The van der Waals surface area contributed by atoms with Gasteiger partial charge in [0.2, 0.25) is 5.91 Å². The number of anilines is 1. The van der Waals surface area contributed by atoms with Crippen LogP contribution in [0.4, 0.5) is 5.00 Å². The number of thiophene rings is 1. The molecule has 0 bridgehead atoms. The quantitative estimate of drug-likeness (QED) is 0.381. The molecule has 0 aliphatic carbocycles. The van der Waals surface area contributed by atoms with E-state index < -0.39 is 5.97 Å². The van der Waals surface area contributed by atoms with Gasteiger partial charge in [-0.1, -0.05) is 11.8 Å². The summed E-state index contributed by atoms with van der Waals surface area (Å²) in [5.41, 5.74) is 1.77. The van der Waals surface area contributed by atoms with E-state index in [-0.39, 0.29) is 28.1 Å². The van der Waals surface area contributed by atoms with Crippen LogP contribution in [-0.4, -0.2) is 69.0 Å². The number of rotatable bonds is 8. The Morgan fingerprint density at radius 3 is 2.58 bits per heavy atom. The molecule has 0 fully saturated rings. The van der Waals surface area contributed by atoms with E-state index in [0.29, 0.717) is 22.0 Å². The Labute approximate surface area is 199 Å². The normalized spacial score (nSPS) is 10.8. The molecule has 0 aliphatic rings. The Balaban J connectivity index is 1.71. The summed E-state index contributed by atoms with van der Waals surface area (Å²) in [6.45, 7) is 1.66. The van der Waals surface area contributed by atoms with Gasteiger partial charge in [0.15, 0.2) is 5.16 Å². The number of amides is 2. The zero-order valence-corrected chi connectivity index (χ0v) is 21.0. The average Bonchev–Trinajstić information content (AvgIpc) is 3.44. The fraction of sp³-hybridized carbons (Fsp3) is 0.381. The van der Waals surface area contributed by atoms with Crippen LogP contribution in [-0.2, 0) is 30.0 Å². The molecular weight excluding hydrogens is 464 g/mol. The molecular formula is C21H26N6O4S2. The third-order valence-corrected chi connectivity index (χ3v) is 7.25. The monoisotopic (exact) mass is 490 g/mol. The van der Waals surface area contributed by atoms with Crippen molar-refractivity contribution in [2.45, 2.75) is 18.5 Å². The number of thioether (sulfide) groups is 1. The number of ether oxygens (including phenoxy) is 1. The predicted octanol–water partition coefficient (Wildman–Crippen LogP) is 2.33. The van der Waals surface area contributed by atoms with Crippen LogP contribution in [0.5, 0.6) is 0 Å². The largest absolute Gasteiger partial charge is 0.465 e. The van der Waals surface area contributed by atoms with Crippen molar-refractivity contribution in [1.29, 1.82) is 0 Å². The summed E-state index contributed by atoms with van der Waals surface area (Å²) in [5.74, 6) is -0.342. The van der Waals surface area contributed by atoms with E-state index in [4.69, 9.17) is 4.74 Å². The van der Waals surface area contributed by atoms with Gasteiger partial charge in [-0.25, -0.2) is 4.79 Å². The van der Waals surface area contributed by atoms with E-state index in [2.05, 4.69) is 15.5 Å². The molecule has 3 heterocycles. The van der Waals surface area contributed by atoms with Gasteiger partial charge in [0.05, 0.1) is 23.3 Å². The molecule has 0 aliphatic heterocycles. The molecule has 0 saturated carbocycles. The van der Waals surface area contributed by atoms with Crippen molar-refractivity contribution >= 4 is 45.9 Å². The minimum atomic E-state index is -0.608. The Morgan fingerprint density at radius 2 is 1.97 bits per heavy atom. The topological polar surface area (TPSA) is 111 Å². The van der Waals surface area contributed by atoms with Gasteiger partial charge in [-0.15, -0.1) is 21.5 Å². The van der Waals surface area contributed by atoms with Crippen LogP contribution < -0.4 is 5.32 Å². The highest BCUT2D eigenvalue weighted by atomic mass is 32.2. The van der Waals surface area contributed by atoms with Gasteiger partial charge in [-0.05, 0) is 24.6 Å². The molecule has 0 unspecified atom stereocenters. The van der Waals surface area contributed by atoms with E-state index in [0.717, 1.165) is 22.9 Å². The lowest BCUT2D eigenvalue weighted by Gasteiger charge is -2.08. The molecule has 0 aromatic carbocycles. The first-order chi connectivity index (χ1) is 15.6. The number of methoxy groups -OCH3 is 1. The highest BCUT2D eigenvalue weighted by Crippen LogP contribution is 2.34. The molecule has 1 N–H and O–H groups in total. The van der Waals surface area contributed by atoms with Crippen LogP contribution in [0.25, 0.3) is 0 Å². The van der Waals surface area contributed by atoms with Crippen LogP contribution in [0.1, 0.15) is 37.1 Å². The second-order valence-corrected chi connectivity index (χ2v) is 9.50. The number of hydrogen-bond donors (Lipinski definition) is 1. The van der Waals surface area contributed by atoms with Crippen LogP contribution in [0, 0.1) is 6.92 Å². The van der Waals surface area contributed by atoms with Crippen LogP contribution in [0.15, 0.2) is 23.5 Å². The Morgan fingerprint density at radius 1 is 1.24 bits per heavy atom. The van der Waals surface area contributed by atoms with Gasteiger partial charge in [0.1, 0.15) is 10.8 Å². The van der Waals surface area contributed by atoms with E-state index in [9.17, 15) is 14.4 Å². The van der Waals surface area contributed by atoms with Crippen molar-refractivity contribution in [3.8, 4) is 0 Å². The molecule has 0 atom stereocenters. The van der Waals surface area contributed by atoms with Gasteiger partial charge in [0.25, 0.3) is 5.91 Å². The van der Waals surface area contributed by atoms with Gasteiger partial charge in [-0.3, -0.25) is 9.59 Å². The summed E-state index contributed by atoms with van der Waals surface area (Å²) in [7, 11) is 8.34. The molecule has 10 nitrogen and oxygen atoms in total. The zero-order chi connectivity index (χ0) is 24.3. The molecule has 3 rings (SSSR count). The van der Waals surface area contributed by atoms with Crippen molar-refractivity contribution in [1.82, 2.24) is 24.2 Å². The summed E-state index contributed by atoms with van der Waals surface area (Å²) in [6.07, 6.45) is 2.59. The maximum absolute atomic E-state index is 12.7. The van der Waals surface area contributed by atoms with Gasteiger partial charge >= 0.3 is 5.97 Å². The Hall–Kier alpha value is -3.12. The fourth-order valence-electron chi connectivity index (χ4n) is 3.12. The number of carbonyl (C=O) groups excluding carboxylic acids is 3. The summed E-state index contributed by atoms with van der Waals surface area (Å²) < 4.78 is 8.73. The standard InChI is InChI=1S/C21H26N6O4S2/c1-12-16(20(30)31-6)18(33-17(12)19(29)25(2)3)22-15(28)11-32-21-24-23-14(27(21)5)10-13-8-7-9-26(13)4/h7-9H,10-11H2,1-6H3,(H,22,28). The minimum absolute atomic E-state index is 0.0602. The number of aryl methyl sites for hydroxylation is 1. The lowest BCUT2D eigenvalue weighted by molar-refractivity contribution is -0.113. The molecule has 0 saturated heterocycles. The lowest BCUT2D eigenvalue weighted by Crippen LogP contribution is -2.21. The maximum atomic E-state index is 12.7. The van der Waals surface area contributed by atoms with Crippen LogP contribution >= 0.6 is 23.1 Å². The summed E-state index contributed by atoms with van der Waals surface area (Å²) in [5, 5.41) is 12.1. The molecule has 3 aromatic heterocycles. The smallest absolute Gasteiger partial charge is 0.341 e. The Kier molecular flexibility index (Phi) is 7.59. The number of nitrogens with one attached hydrogen (secondary N) is 1. The van der Waals surface area contributed by atoms with Crippen molar-refractivity contribution in [3.63, 3.8) is 0 Å². The highest BCUT2D eigenvalue weighted by Gasteiger charge is 2.27. The fourth-order valence-corrected chi connectivity index (χ4v) is 5.08. The molecule has 12 heteroatoms. The molecule has 176 valence electrons. The number of nitrogens with zero attached hydrogens (tertiary/aromatic N) is 5. The molecule has 3 aromatic rings. The molecule has 33 heavy (non-hydrogen) atoms. The minimum Gasteiger partial charge on any atom is -0.465 e. The second kappa shape index (κ2) is 10.2. The first-order valence-electron chi connectivity index (χ1n) is 9.98. The molecule has 2 amide bonds. The van der Waals surface area contributed by atoms with E-state index >= 15 is 0 Å². The number of esters is 1. The first kappa shape index (κ1) is 24.5. The summed E-state index contributed by atoms with van der Waals surface area (Å²) in [4.78, 5) is 39.2. The maximum Gasteiger partial charge on any atom is 0.341 e. The zero-order valence-electron chi connectivity index (χ0n) is 19.3. The third-order valence-electron chi connectivity index (χ3n) is 5.04. The van der Waals surface area contributed by atoms with Crippen molar-refractivity contribution in [3.05, 3.63) is 45.9 Å². The molecule has 0 spiro atoms. The number of aromatic nitrogens is 4. The third kappa shape index (κ3) is 5.28. The average molecular weight is 491 g/mol. The van der Waals surface area contributed by atoms with Crippen LogP contribution in [0.2, 0.25) is 0 Å². The number of hydrogen-bond acceptors (Lipinski definition) is 8. The van der Waals surface area contributed by atoms with Crippen molar-refractivity contribution in [2.24, 2.45) is 14.1 Å². The van der Waals surface area contributed by atoms with Crippen molar-refractivity contribution < 1.29 is 19.1 Å². The van der Waals surface area contributed by atoms with E-state index in [1.165, 1.54) is 23.8 Å². The first-order valence-corrected chi connectivity index (χ1v) is 11.8. The SMILES string of the molecule is COC(=O)c1c(NC(=O)CSc2nnc(Cc3cccn3C)n2C)sc(C(=O)N(C)C)c1C.